The van der Waals surface area contributed by atoms with Crippen molar-refractivity contribution in [2.75, 3.05) is 18.5 Å². The Morgan fingerprint density at radius 1 is 1.38 bits per heavy atom. The molecule has 1 N–H and O–H groups in total. The van der Waals surface area contributed by atoms with Crippen LogP contribution < -0.4 is 5.32 Å². The first-order valence-electron chi connectivity index (χ1n) is 7.08. The lowest BCUT2D eigenvalue weighted by Crippen LogP contribution is -2.12. The minimum Gasteiger partial charge on any atom is -0.462 e. The van der Waals surface area contributed by atoms with Gasteiger partial charge in [0, 0.05) is 18.1 Å². The highest BCUT2D eigenvalue weighted by molar-refractivity contribution is 6.05. The number of aromatic nitrogens is 1. The number of benzene rings is 1. The normalized spacial score (nSPS) is 10.7. The van der Waals surface area contributed by atoms with Gasteiger partial charge in [0.1, 0.15) is 11.4 Å². The number of carbonyl (C=O) groups excluding carboxylic acids is 1. The van der Waals surface area contributed by atoms with E-state index < -0.39 is 5.97 Å². The Labute approximate surface area is 123 Å². The third kappa shape index (κ3) is 3.12. The first kappa shape index (κ1) is 15.2. The molecule has 1 aromatic carbocycles. The summed E-state index contributed by atoms with van der Waals surface area (Å²) in [7, 11) is 0. The highest BCUT2D eigenvalue weighted by atomic mass is 19.1. The fraction of sp³-hybridized carbons (Fsp3) is 0.375. The van der Waals surface area contributed by atoms with Crippen LogP contribution >= 0.6 is 0 Å². The number of hydrogen-bond donors (Lipinski definition) is 1. The van der Waals surface area contributed by atoms with Gasteiger partial charge in [-0.05, 0) is 38.0 Å². The van der Waals surface area contributed by atoms with Crippen molar-refractivity contribution < 1.29 is 13.9 Å². The Kier molecular flexibility index (Phi) is 4.73. The van der Waals surface area contributed by atoms with Crippen LogP contribution in [0.25, 0.3) is 10.9 Å². The van der Waals surface area contributed by atoms with Gasteiger partial charge in [-0.3, -0.25) is 4.98 Å². The van der Waals surface area contributed by atoms with Gasteiger partial charge in [-0.2, -0.15) is 0 Å². The molecular weight excluding hydrogens is 271 g/mol. The van der Waals surface area contributed by atoms with Gasteiger partial charge in [0.2, 0.25) is 0 Å². The number of ether oxygens (including phenoxy) is 1. The zero-order valence-electron chi connectivity index (χ0n) is 12.5. The van der Waals surface area contributed by atoms with E-state index >= 15 is 0 Å². The van der Waals surface area contributed by atoms with Crippen molar-refractivity contribution in [1.82, 2.24) is 4.98 Å². The van der Waals surface area contributed by atoms with Crippen LogP contribution in [-0.2, 0) is 4.74 Å². The van der Waals surface area contributed by atoms with Crippen LogP contribution in [0.4, 0.5) is 10.1 Å². The van der Waals surface area contributed by atoms with Crippen LogP contribution in [0, 0.1) is 12.7 Å². The summed E-state index contributed by atoms with van der Waals surface area (Å²) in [6.45, 7) is 6.53. The smallest absolute Gasteiger partial charge is 0.341 e. The average molecular weight is 290 g/mol. The second kappa shape index (κ2) is 6.52. The van der Waals surface area contributed by atoms with Gasteiger partial charge in [-0.25, -0.2) is 9.18 Å². The van der Waals surface area contributed by atoms with E-state index in [4.69, 9.17) is 4.74 Å². The summed E-state index contributed by atoms with van der Waals surface area (Å²) < 4.78 is 18.8. The lowest BCUT2D eigenvalue weighted by atomic mass is 10.1. The standard InChI is InChI=1S/C16H19FN2O2/c1-4-6-18-15-12-8-11(17)7-10(3)14(12)19-9-13(15)16(20)21-5-2/h7-9H,4-6H2,1-3H3,(H,18,19). The lowest BCUT2D eigenvalue weighted by molar-refractivity contribution is 0.0527. The Morgan fingerprint density at radius 3 is 2.81 bits per heavy atom. The van der Waals surface area contributed by atoms with E-state index in [9.17, 15) is 9.18 Å². The van der Waals surface area contributed by atoms with E-state index in [0.29, 0.717) is 28.7 Å². The fourth-order valence-electron chi connectivity index (χ4n) is 2.24. The first-order chi connectivity index (χ1) is 10.1. The highest BCUT2D eigenvalue weighted by Gasteiger charge is 2.17. The van der Waals surface area contributed by atoms with E-state index in [1.54, 1.807) is 13.8 Å². The number of carbonyl (C=O) groups is 1. The largest absolute Gasteiger partial charge is 0.462 e. The van der Waals surface area contributed by atoms with Crippen molar-refractivity contribution in [3.05, 3.63) is 35.3 Å². The molecular formula is C16H19FN2O2. The molecule has 0 amide bonds. The molecule has 0 aliphatic rings. The van der Waals surface area contributed by atoms with Crippen LogP contribution in [0.3, 0.4) is 0 Å². The van der Waals surface area contributed by atoms with Gasteiger partial charge >= 0.3 is 5.97 Å². The molecule has 21 heavy (non-hydrogen) atoms. The average Bonchev–Trinajstić information content (AvgIpc) is 2.44. The molecule has 4 nitrogen and oxygen atoms in total. The molecule has 0 saturated heterocycles. The minimum absolute atomic E-state index is 0.284. The van der Waals surface area contributed by atoms with Crippen LogP contribution in [-0.4, -0.2) is 24.1 Å². The SMILES string of the molecule is CCCNc1c(C(=O)OCC)cnc2c(C)cc(F)cc12. The quantitative estimate of drug-likeness (QED) is 0.853. The topological polar surface area (TPSA) is 51.2 Å². The van der Waals surface area contributed by atoms with Crippen molar-refractivity contribution in [2.45, 2.75) is 27.2 Å². The number of nitrogens with one attached hydrogen (secondary N) is 1. The lowest BCUT2D eigenvalue weighted by Gasteiger charge is -2.14. The molecule has 0 aliphatic heterocycles. The maximum atomic E-state index is 13.7. The molecule has 2 rings (SSSR count). The summed E-state index contributed by atoms with van der Waals surface area (Å²) in [5.41, 5.74) is 2.34. The highest BCUT2D eigenvalue weighted by Crippen LogP contribution is 2.29. The van der Waals surface area contributed by atoms with Crippen LogP contribution in [0.15, 0.2) is 18.3 Å². The molecule has 5 heteroatoms. The Balaban J connectivity index is 2.66. The van der Waals surface area contributed by atoms with Gasteiger partial charge < -0.3 is 10.1 Å². The number of hydrogen-bond acceptors (Lipinski definition) is 4. The monoisotopic (exact) mass is 290 g/mol. The van der Waals surface area contributed by atoms with Gasteiger partial charge in [0.05, 0.1) is 17.8 Å². The zero-order valence-corrected chi connectivity index (χ0v) is 12.5. The maximum absolute atomic E-state index is 13.7. The number of pyridine rings is 1. The summed E-state index contributed by atoms with van der Waals surface area (Å²) in [5, 5.41) is 3.80. The third-order valence-electron chi connectivity index (χ3n) is 3.17. The molecule has 0 unspecified atom stereocenters. The molecule has 112 valence electrons. The first-order valence-corrected chi connectivity index (χ1v) is 7.08. The maximum Gasteiger partial charge on any atom is 0.341 e. The number of aryl methyl sites for hydroxylation is 1. The number of nitrogens with zero attached hydrogens (tertiary/aromatic N) is 1. The minimum atomic E-state index is -0.451. The van der Waals surface area contributed by atoms with Gasteiger partial charge in [0.25, 0.3) is 0 Å². The van der Waals surface area contributed by atoms with Gasteiger partial charge in [-0.15, -0.1) is 0 Å². The van der Waals surface area contributed by atoms with Crippen LogP contribution in [0.1, 0.15) is 36.2 Å². The fourth-order valence-corrected chi connectivity index (χ4v) is 2.24. The number of anilines is 1. The zero-order chi connectivity index (χ0) is 15.4. The number of esters is 1. The molecule has 1 aromatic heterocycles. The predicted molar refractivity (Wildman–Crippen MR) is 81.2 cm³/mol. The Bertz CT molecular complexity index is 671. The molecule has 2 aromatic rings. The number of rotatable bonds is 5. The van der Waals surface area contributed by atoms with Gasteiger partial charge in [0.15, 0.2) is 0 Å². The number of halogens is 1. The second-order valence-corrected chi connectivity index (χ2v) is 4.81. The molecule has 0 atom stereocenters. The van der Waals surface area contributed by atoms with Gasteiger partial charge in [-0.1, -0.05) is 6.92 Å². The summed E-state index contributed by atoms with van der Waals surface area (Å²) in [5.74, 6) is -0.797. The van der Waals surface area contributed by atoms with E-state index in [0.717, 1.165) is 12.0 Å². The van der Waals surface area contributed by atoms with Crippen molar-refractivity contribution in [3.63, 3.8) is 0 Å². The van der Waals surface area contributed by atoms with Crippen molar-refractivity contribution >= 4 is 22.6 Å². The van der Waals surface area contributed by atoms with E-state index in [1.165, 1.54) is 18.3 Å². The Hall–Kier alpha value is -2.17. The van der Waals surface area contributed by atoms with E-state index in [-0.39, 0.29) is 12.4 Å². The molecule has 0 spiro atoms. The van der Waals surface area contributed by atoms with Crippen molar-refractivity contribution in [2.24, 2.45) is 0 Å². The molecule has 0 bridgehead atoms. The summed E-state index contributed by atoms with van der Waals surface area (Å²) in [6.07, 6.45) is 2.38. The predicted octanol–water partition coefficient (Wildman–Crippen LogP) is 3.68. The third-order valence-corrected chi connectivity index (χ3v) is 3.17. The summed E-state index contributed by atoms with van der Waals surface area (Å²) in [4.78, 5) is 16.3. The number of fused-ring (bicyclic) bond motifs is 1. The molecule has 0 aliphatic carbocycles. The van der Waals surface area contributed by atoms with E-state index in [1.807, 2.05) is 6.92 Å². The molecule has 0 fully saturated rings. The molecule has 1 heterocycles. The Morgan fingerprint density at radius 2 is 2.14 bits per heavy atom. The summed E-state index contributed by atoms with van der Waals surface area (Å²) >= 11 is 0. The van der Waals surface area contributed by atoms with Crippen LogP contribution in [0.2, 0.25) is 0 Å². The van der Waals surface area contributed by atoms with Crippen molar-refractivity contribution in [1.29, 1.82) is 0 Å². The van der Waals surface area contributed by atoms with Crippen LogP contribution in [0.5, 0.6) is 0 Å². The molecule has 0 radical (unpaired) electrons. The van der Waals surface area contributed by atoms with Crippen molar-refractivity contribution in [3.8, 4) is 0 Å². The second-order valence-electron chi connectivity index (χ2n) is 4.81. The summed E-state index contributed by atoms with van der Waals surface area (Å²) in [6, 6.07) is 2.83. The van der Waals surface area contributed by atoms with E-state index in [2.05, 4.69) is 10.3 Å². The molecule has 0 saturated carbocycles.